The van der Waals surface area contributed by atoms with E-state index >= 15 is 0 Å². The molecule has 2 N–H and O–H groups in total. The summed E-state index contributed by atoms with van der Waals surface area (Å²) in [6.45, 7) is 0.919. The summed E-state index contributed by atoms with van der Waals surface area (Å²) in [4.78, 5) is 14.8. The molecule has 1 saturated carbocycles. The predicted octanol–water partition coefficient (Wildman–Crippen LogP) is 2.84. The van der Waals surface area contributed by atoms with E-state index in [1.807, 2.05) is 42.1 Å². The molecule has 1 aromatic carbocycles. The van der Waals surface area contributed by atoms with E-state index in [0.717, 1.165) is 23.1 Å². The summed E-state index contributed by atoms with van der Waals surface area (Å²) in [6.07, 6.45) is 4.68. The van der Waals surface area contributed by atoms with Gasteiger partial charge in [0.1, 0.15) is 5.82 Å². The fourth-order valence-corrected chi connectivity index (χ4v) is 2.88. The van der Waals surface area contributed by atoms with E-state index in [1.54, 1.807) is 0 Å². The zero-order valence-corrected chi connectivity index (χ0v) is 11.1. The average molecular weight is 260 g/mol. The Morgan fingerprint density at radius 2 is 2.17 bits per heavy atom. The second-order valence-electron chi connectivity index (χ2n) is 4.84. The van der Waals surface area contributed by atoms with Gasteiger partial charge in [-0.15, -0.1) is 0 Å². The number of pyridine rings is 1. The number of thioether (sulfide) groups is 1. The molecule has 4 heteroatoms. The first-order chi connectivity index (χ1) is 8.72. The van der Waals surface area contributed by atoms with Crippen LogP contribution in [0.25, 0.3) is 10.8 Å². The van der Waals surface area contributed by atoms with Crippen LogP contribution in [0.2, 0.25) is 0 Å². The smallest absolute Gasteiger partial charge is 0.257 e. The molecule has 94 valence electrons. The van der Waals surface area contributed by atoms with E-state index < -0.39 is 0 Å². The molecule has 1 aliphatic carbocycles. The molecule has 0 unspecified atom stereocenters. The number of benzene rings is 1. The van der Waals surface area contributed by atoms with Crippen molar-refractivity contribution in [3.05, 3.63) is 40.7 Å². The van der Waals surface area contributed by atoms with Crippen LogP contribution in [0.4, 0.5) is 5.82 Å². The highest BCUT2D eigenvalue weighted by Gasteiger charge is 2.41. The van der Waals surface area contributed by atoms with E-state index in [-0.39, 0.29) is 5.56 Å². The van der Waals surface area contributed by atoms with Gasteiger partial charge >= 0.3 is 0 Å². The molecule has 3 rings (SSSR count). The number of rotatable bonds is 4. The molecule has 1 heterocycles. The third kappa shape index (κ3) is 2.12. The lowest BCUT2D eigenvalue weighted by atomic mass is 10.2. The molecule has 2 aromatic rings. The Morgan fingerprint density at radius 3 is 2.89 bits per heavy atom. The first kappa shape index (κ1) is 11.7. The fourth-order valence-electron chi connectivity index (χ4n) is 2.15. The molecular formula is C14H16N2OS. The molecule has 18 heavy (non-hydrogen) atoms. The SMILES string of the molecule is CSC1(CNc2cc3ccccc3c(=O)[nH]2)CC1. The molecule has 1 aromatic heterocycles. The van der Waals surface area contributed by atoms with Crippen LogP contribution < -0.4 is 10.9 Å². The predicted molar refractivity (Wildman–Crippen MR) is 78.5 cm³/mol. The molecular weight excluding hydrogens is 244 g/mol. The van der Waals surface area contributed by atoms with Gasteiger partial charge in [0.15, 0.2) is 0 Å². The van der Waals surface area contributed by atoms with Gasteiger partial charge in [-0.25, -0.2) is 0 Å². The number of hydrogen-bond acceptors (Lipinski definition) is 3. The number of aromatic amines is 1. The monoisotopic (exact) mass is 260 g/mol. The summed E-state index contributed by atoms with van der Waals surface area (Å²) in [6, 6.07) is 9.67. The molecule has 0 aliphatic heterocycles. The summed E-state index contributed by atoms with van der Waals surface area (Å²) in [5, 5.41) is 5.08. The maximum absolute atomic E-state index is 11.9. The molecule has 0 atom stereocenters. The lowest BCUT2D eigenvalue weighted by Gasteiger charge is -2.14. The second kappa shape index (κ2) is 4.35. The van der Waals surface area contributed by atoms with Gasteiger partial charge in [-0.2, -0.15) is 11.8 Å². The Balaban J connectivity index is 1.87. The number of H-pyrrole nitrogens is 1. The van der Waals surface area contributed by atoms with Crippen LogP contribution in [-0.4, -0.2) is 22.5 Å². The Bertz CT molecular complexity index is 631. The van der Waals surface area contributed by atoms with Crippen molar-refractivity contribution in [2.45, 2.75) is 17.6 Å². The van der Waals surface area contributed by atoms with Crippen LogP contribution in [0.3, 0.4) is 0 Å². The number of hydrogen-bond donors (Lipinski definition) is 2. The van der Waals surface area contributed by atoms with Gasteiger partial charge in [-0.05, 0) is 36.6 Å². The Kier molecular flexibility index (Phi) is 2.82. The standard InChI is InChI=1S/C14H16N2OS/c1-18-14(6-7-14)9-15-12-8-10-4-2-3-5-11(10)13(17)16-12/h2-5,8H,6-7,9H2,1H3,(H2,15,16,17). The van der Waals surface area contributed by atoms with Gasteiger partial charge in [0.2, 0.25) is 0 Å². The van der Waals surface area contributed by atoms with Crippen molar-refractivity contribution >= 4 is 28.4 Å². The van der Waals surface area contributed by atoms with E-state index in [0.29, 0.717) is 4.75 Å². The van der Waals surface area contributed by atoms with Crippen molar-refractivity contribution in [1.82, 2.24) is 4.98 Å². The normalized spacial score (nSPS) is 16.7. The highest BCUT2D eigenvalue weighted by Crippen LogP contribution is 2.46. The lowest BCUT2D eigenvalue weighted by molar-refractivity contribution is 0.939. The zero-order chi connectivity index (χ0) is 12.6. The summed E-state index contributed by atoms with van der Waals surface area (Å²) >= 11 is 1.91. The quantitative estimate of drug-likeness (QED) is 0.888. The van der Waals surface area contributed by atoms with Crippen LogP contribution in [0.5, 0.6) is 0 Å². The molecule has 1 aliphatic rings. The van der Waals surface area contributed by atoms with Crippen LogP contribution in [0.1, 0.15) is 12.8 Å². The van der Waals surface area contributed by atoms with Crippen molar-refractivity contribution in [2.75, 3.05) is 18.1 Å². The Hall–Kier alpha value is -1.42. The van der Waals surface area contributed by atoms with Crippen molar-refractivity contribution in [3.63, 3.8) is 0 Å². The average Bonchev–Trinajstić information content (AvgIpc) is 3.17. The van der Waals surface area contributed by atoms with Gasteiger partial charge < -0.3 is 10.3 Å². The zero-order valence-electron chi connectivity index (χ0n) is 10.3. The van der Waals surface area contributed by atoms with E-state index in [4.69, 9.17) is 0 Å². The molecule has 0 radical (unpaired) electrons. The minimum Gasteiger partial charge on any atom is -0.370 e. The highest BCUT2D eigenvalue weighted by atomic mass is 32.2. The summed E-state index contributed by atoms with van der Waals surface area (Å²) in [5.74, 6) is 0.819. The Labute approximate surface area is 110 Å². The van der Waals surface area contributed by atoms with E-state index in [2.05, 4.69) is 16.6 Å². The summed E-state index contributed by atoms with van der Waals surface area (Å²) in [7, 11) is 0. The molecule has 0 amide bonds. The number of nitrogens with one attached hydrogen (secondary N) is 2. The maximum Gasteiger partial charge on any atom is 0.257 e. The first-order valence-electron chi connectivity index (χ1n) is 6.14. The Morgan fingerprint density at radius 1 is 1.39 bits per heavy atom. The highest BCUT2D eigenvalue weighted by molar-refractivity contribution is 8.00. The number of fused-ring (bicyclic) bond motifs is 1. The molecule has 3 nitrogen and oxygen atoms in total. The van der Waals surface area contributed by atoms with Crippen molar-refractivity contribution in [3.8, 4) is 0 Å². The van der Waals surface area contributed by atoms with Gasteiger partial charge in [0.05, 0.1) is 0 Å². The van der Waals surface area contributed by atoms with Crippen LogP contribution in [0, 0.1) is 0 Å². The van der Waals surface area contributed by atoms with Crippen LogP contribution >= 0.6 is 11.8 Å². The van der Waals surface area contributed by atoms with Gasteiger partial charge in [-0.3, -0.25) is 4.79 Å². The van der Waals surface area contributed by atoms with Crippen molar-refractivity contribution in [2.24, 2.45) is 0 Å². The van der Waals surface area contributed by atoms with Crippen LogP contribution in [0.15, 0.2) is 35.1 Å². The minimum absolute atomic E-state index is 0.0235. The summed E-state index contributed by atoms with van der Waals surface area (Å²) < 4.78 is 0.391. The maximum atomic E-state index is 11.9. The molecule has 0 spiro atoms. The van der Waals surface area contributed by atoms with Gasteiger partial charge in [-0.1, -0.05) is 18.2 Å². The number of anilines is 1. The second-order valence-corrected chi connectivity index (χ2v) is 6.11. The third-order valence-corrected chi connectivity index (χ3v) is 5.01. The van der Waals surface area contributed by atoms with Crippen LogP contribution in [-0.2, 0) is 0 Å². The number of aromatic nitrogens is 1. The van der Waals surface area contributed by atoms with Crippen molar-refractivity contribution in [1.29, 1.82) is 0 Å². The van der Waals surface area contributed by atoms with E-state index in [1.165, 1.54) is 12.8 Å². The molecule has 0 bridgehead atoms. The molecule has 1 fully saturated rings. The van der Waals surface area contributed by atoms with E-state index in [9.17, 15) is 4.79 Å². The van der Waals surface area contributed by atoms with Gasteiger partial charge in [0.25, 0.3) is 5.56 Å². The topological polar surface area (TPSA) is 44.9 Å². The summed E-state index contributed by atoms with van der Waals surface area (Å²) in [5.41, 5.74) is -0.0235. The lowest BCUT2D eigenvalue weighted by Crippen LogP contribution is -2.20. The fraction of sp³-hybridized carbons (Fsp3) is 0.357. The van der Waals surface area contributed by atoms with Gasteiger partial charge in [0, 0.05) is 16.7 Å². The third-order valence-electron chi connectivity index (χ3n) is 3.60. The minimum atomic E-state index is -0.0235. The largest absolute Gasteiger partial charge is 0.370 e. The van der Waals surface area contributed by atoms with Crippen molar-refractivity contribution < 1.29 is 0 Å². The molecule has 0 saturated heterocycles. The first-order valence-corrected chi connectivity index (χ1v) is 7.36.